The third-order valence-electron chi connectivity index (χ3n) is 3.17. The first kappa shape index (κ1) is 13.3. The van der Waals surface area contributed by atoms with Crippen LogP contribution in [0.4, 0.5) is 5.13 Å². The van der Waals surface area contributed by atoms with Gasteiger partial charge in [0, 0.05) is 41.7 Å². The minimum absolute atomic E-state index is 0.0237. The van der Waals surface area contributed by atoms with E-state index in [1.54, 1.807) is 28.7 Å². The molecule has 0 bridgehead atoms. The molecule has 0 spiro atoms. The lowest BCUT2D eigenvalue weighted by atomic mass is 10.2. The topological polar surface area (TPSA) is 45.2 Å². The van der Waals surface area contributed by atoms with Crippen molar-refractivity contribution in [1.82, 2.24) is 10.3 Å². The number of nitrogens with one attached hydrogen (secondary N) is 1. The average Bonchev–Trinajstić information content (AvgIpc) is 3.18. The second-order valence-corrected chi connectivity index (χ2v) is 6.46. The highest BCUT2D eigenvalue weighted by Gasteiger charge is 2.24. The number of carbonyl (C=O) groups is 1. The Hall–Kier alpha value is -1.66. The molecule has 1 aliphatic rings. The Morgan fingerprint density at radius 3 is 3.15 bits per heavy atom. The van der Waals surface area contributed by atoms with Crippen LogP contribution in [0.2, 0.25) is 0 Å². The van der Waals surface area contributed by atoms with Crippen molar-refractivity contribution in [1.29, 1.82) is 0 Å². The van der Waals surface area contributed by atoms with Gasteiger partial charge in [0.1, 0.15) is 0 Å². The molecule has 0 aliphatic carbocycles. The fourth-order valence-corrected chi connectivity index (χ4v) is 3.52. The van der Waals surface area contributed by atoms with E-state index in [2.05, 4.69) is 15.2 Å². The molecule has 0 radical (unpaired) electrons. The lowest BCUT2D eigenvalue weighted by Crippen LogP contribution is -2.36. The number of anilines is 1. The molecule has 2 aromatic heterocycles. The van der Waals surface area contributed by atoms with Crippen LogP contribution < -0.4 is 10.2 Å². The number of carbonyl (C=O) groups excluding carboxylic acids is 1. The van der Waals surface area contributed by atoms with Crippen molar-refractivity contribution in [3.8, 4) is 0 Å². The van der Waals surface area contributed by atoms with E-state index in [1.807, 2.05) is 35.2 Å². The van der Waals surface area contributed by atoms with E-state index in [0.29, 0.717) is 0 Å². The number of hydrogen-bond acceptors (Lipinski definition) is 5. The molecule has 6 heteroatoms. The summed E-state index contributed by atoms with van der Waals surface area (Å²) in [5, 5.41) is 8.06. The molecule has 1 N–H and O–H groups in total. The normalized spacial score (nSPS) is 18.8. The number of hydrogen-bond donors (Lipinski definition) is 1. The Balaban J connectivity index is 1.50. The summed E-state index contributed by atoms with van der Waals surface area (Å²) in [6.07, 6.45) is 6.25. The van der Waals surface area contributed by atoms with Crippen molar-refractivity contribution in [2.75, 3.05) is 18.0 Å². The Morgan fingerprint density at radius 2 is 2.40 bits per heavy atom. The first-order valence-corrected chi connectivity index (χ1v) is 8.24. The van der Waals surface area contributed by atoms with E-state index in [0.717, 1.165) is 29.5 Å². The molecule has 0 aromatic carbocycles. The minimum atomic E-state index is -0.0237. The van der Waals surface area contributed by atoms with Gasteiger partial charge in [0.05, 0.1) is 0 Å². The molecule has 104 valence electrons. The van der Waals surface area contributed by atoms with Gasteiger partial charge in [0.2, 0.25) is 5.91 Å². The highest BCUT2D eigenvalue weighted by atomic mass is 32.1. The van der Waals surface area contributed by atoms with Gasteiger partial charge in [0.25, 0.3) is 0 Å². The van der Waals surface area contributed by atoms with Crippen molar-refractivity contribution in [2.45, 2.75) is 12.5 Å². The van der Waals surface area contributed by atoms with Gasteiger partial charge in [-0.05, 0) is 23.9 Å². The zero-order valence-electron chi connectivity index (χ0n) is 10.9. The molecule has 20 heavy (non-hydrogen) atoms. The second-order valence-electron chi connectivity index (χ2n) is 4.60. The zero-order chi connectivity index (χ0) is 13.8. The van der Waals surface area contributed by atoms with Gasteiger partial charge in [-0.25, -0.2) is 4.98 Å². The fraction of sp³-hybridized carbons (Fsp3) is 0.286. The van der Waals surface area contributed by atoms with Gasteiger partial charge in [-0.2, -0.15) is 0 Å². The predicted molar refractivity (Wildman–Crippen MR) is 84.2 cm³/mol. The van der Waals surface area contributed by atoms with Crippen LogP contribution in [-0.4, -0.2) is 30.0 Å². The largest absolute Gasteiger partial charge is 0.348 e. The van der Waals surface area contributed by atoms with Gasteiger partial charge < -0.3 is 10.2 Å². The lowest BCUT2D eigenvalue weighted by molar-refractivity contribution is -0.117. The monoisotopic (exact) mass is 305 g/mol. The third-order valence-corrected chi connectivity index (χ3v) is 4.84. The molecule has 1 saturated heterocycles. The molecule has 0 unspecified atom stereocenters. The van der Waals surface area contributed by atoms with Gasteiger partial charge in [-0.15, -0.1) is 22.7 Å². The van der Waals surface area contributed by atoms with Crippen LogP contribution in [0.15, 0.2) is 35.2 Å². The summed E-state index contributed by atoms with van der Waals surface area (Å²) in [4.78, 5) is 19.5. The second kappa shape index (κ2) is 6.19. The molecule has 3 heterocycles. The van der Waals surface area contributed by atoms with E-state index in [9.17, 15) is 4.79 Å². The summed E-state index contributed by atoms with van der Waals surface area (Å²) in [7, 11) is 0. The molecule has 1 aliphatic heterocycles. The maximum Gasteiger partial charge on any atom is 0.244 e. The van der Waals surface area contributed by atoms with Crippen LogP contribution in [0.1, 0.15) is 11.3 Å². The zero-order valence-corrected chi connectivity index (χ0v) is 12.5. The number of amides is 1. The van der Waals surface area contributed by atoms with Crippen molar-refractivity contribution in [3.63, 3.8) is 0 Å². The fourth-order valence-electron chi connectivity index (χ4n) is 2.22. The number of nitrogens with zero attached hydrogens (tertiary/aromatic N) is 2. The van der Waals surface area contributed by atoms with E-state index in [4.69, 9.17) is 0 Å². The highest BCUT2D eigenvalue weighted by Crippen LogP contribution is 2.22. The van der Waals surface area contributed by atoms with Gasteiger partial charge >= 0.3 is 0 Å². The number of aromatic nitrogens is 1. The lowest BCUT2D eigenvalue weighted by Gasteiger charge is -2.15. The predicted octanol–water partition coefficient (Wildman–Crippen LogP) is 2.61. The number of thiazole rings is 1. The van der Waals surface area contributed by atoms with Gasteiger partial charge in [-0.1, -0.05) is 6.07 Å². The van der Waals surface area contributed by atoms with Crippen molar-refractivity contribution < 1.29 is 4.79 Å². The average molecular weight is 305 g/mol. The Labute approximate surface area is 125 Å². The van der Waals surface area contributed by atoms with Gasteiger partial charge in [0.15, 0.2) is 5.13 Å². The summed E-state index contributed by atoms with van der Waals surface area (Å²) in [5.74, 6) is -0.0237. The summed E-state index contributed by atoms with van der Waals surface area (Å²) in [5.41, 5.74) is 0. The molecule has 1 atom stereocenters. The van der Waals surface area contributed by atoms with Crippen LogP contribution >= 0.6 is 22.7 Å². The van der Waals surface area contributed by atoms with Crippen LogP contribution in [0, 0.1) is 0 Å². The third kappa shape index (κ3) is 3.26. The molecular weight excluding hydrogens is 290 g/mol. The molecule has 2 aromatic rings. The summed E-state index contributed by atoms with van der Waals surface area (Å²) < 4.78 is 0. The first-order valence-electron chi connectivity index (χ1n) is 6.48. The van der Waals surface area contributed by atoms with E-state index in [1.165, 1.54) is 0 Å². The van der Waals surface area contributed by atoms with Crippen LogP contribution in [0.5, 0.6) is 0 Å². The first-order chi connectivity index (χ1) is 9.81. The van der Waals surface area contributed by atoms with Gasteiger partial charge in [-0.3, -0.25) is 4.79 Å². The smallest absolute Gasteiger partial charge is 0.244 e. The summed E-state index contributed by atoms with van der Waals surface area (Å²) >= 11 is 3.26. The molecule has 4 nitrogen and oxygen atoms in total. The SMILES string of the molecule is O=C(/C=C/c1cccs1)N[C@@H]1CCN(c2nccs2)C1. The minimum Gasteiger partial charge on any atom is -0.348 e. The molecule has 3 rings (SSSR count). The number of thiophene rings is 1. The summed E-state index contributed by atoms with van der Waals surface area (Å²) in [6, 6.07) is 4.18. The Morgan fingerprint density at radius 1 is 1.45 bits per heavy atom. The Kier molecular flexibility index (Phi) is 4.13. The standard InChI is InChI=1S/C14H15N3OS2/c18-13(4-3-12-2-1-8-19-12)16-11-5-7-17(10-11)14-15-6-9-20-14/h1-4,6,8-9,11H,5,7,10H2,(H,16,18)/b4-3+/t11-/m1/s1. The van der Waals surface area contributed by atoms with E-state index in [-0.39, 0.29) is 11.9 Å². The maximum atomic E-state index is 11.9. The maximum absolute atomic E-state index is 11.9. The summed E-state index contributed by atoms with van der Waals surface area (Å²) in [6.45, 7) is 1.79. The molecule has 0 saturated carbocycles. The van der Waals surface area contributed by atoms with Crippen molar-refractivity contribution in [3.05, 3.63) is 40.0 Å². The van der Waals surface area contributed by atoms with Crippen molar-refractivity contribution >= 4 is 39.8 Å². The van der Waals surface area contributed by atoms with Crippen LogP contribution in [-0.2, 0) is 4.79 Å². The van der Waals surface area contributed by atoms with E-state index >= 15 is 0 Å². The molecule has 1 amide bonds. The van der Waals surface area contributed by atoms with E-state index < -0.39 is 0 Å². The molecular formula is C14H15N3OS2. The molecule has 1 fully saturated rings. The quantitative estimate of drug-likeness (QED) is 0.883. The van der Waals surface area contributed by atoms with Crippen LogP contribution in [0.3, 0.4) is 0 Å². The Bertz CT molecular complexity index is 578. The highest BCUT2D eigenvalue weighted by molar-refractivity contribution is 7.13. The van der Waals surface area contributed by atoms with Crippen molar-refractivity contribution in [2.24, 2.45) is 0 Å². The van der Waals surface area contributed by atoms with Crippen LogP contribution in [0.25, 0.3) is 6.08 Å². The number of rotatable bonds is 4.